The Kier molecular flexibility index (Phi) is 5.38. The molecule has 1 aliphatic carbocycles. The summed E-state index contributed by atoms with van der Waals surface area (Å²) in [5.74, 6) is -0.262. The van der Waals surface area contributed by atoms with Crippen molar-refractivity contribution in [3.05, 3.63) is 59.7 Å². The second-order valence-electron chi connectivity index (χ2n) is 8.23. The predicted octanol–water partition coefficient (Wildman–Crippen LogP) is 3.63. The lowest BCUT2D eigenvalue weighted by Crippen LogP contribution is -2.44. The summed E-state index contributed by atoms with van der Waals surface area (Å²) < 4.78 is 0. The zero-order valence-electron chi connectivity index (χ0n) is 16.5. The van der Waals surface area contributed by atoms with E-state index in [1.807, 2.05) is 0 Å². The molecule has 2 aliphatic heterocycles. The fraction of sp³-hybridized carbons (Fsp3) is 0.348. The van der Waals surface area contributed by atoms with Gasteiger partial charge < -0.3 is 10.6 Å². The molecule has 2 atom stereocenters. The Morgan fingerprint density at radius 2 is 1.77 bits per heavy atom. The predicted molar refractivity (Wildman–Crippen MR) is 117 cm³/mol. The Balaban J connectivity index is 0.00000218. The largest absolute Gasteiger partial charge is 0.325 e. The number of rotatable bonds is 3. The van der Waals surface area contributed by atoms with Gasteiger partial charge in [-0.05, 0) is 55.6 Å². The van der Waals surface area contributed by atoms with Crippen molar-refractivity contribution >= 4 is 41.5 Å². The van der Waals surface area contributed by atoms with Gasteiger partial charge in [0.1, 0.15) is 0 Å². The number of anilines is 2. The summed E-state index contributed by atoms with van der Waals surface area (Å²) in [6.07, 6.45) is 4.22. The number of nitrogens with one attached hydrogen (secondary N) is 2. The minimum atomic E-state index is -0.357. The maximum absolute atomic E-state index is 13.2. The number of hydrogen-bond acceptors (Lipinski definition) is 4. The van der Waals surface area contributed by atoms with Crippen LogP contribution in [0.1, 0.15) is 46.4 Å². The molecule has 30 heavy (non-hydrogen) atoms. The van der Waals surface area contributed by atoms with Crippen LogP contribution in [0.15, 0.2) is 48.5 Å². The number of amides is 3. The fourth-order valence-electron chi connectivity index (χ4n) is 5.09. The van der Waals surface area contributed by atoms with Crippen molar-refractivity contribution in [3.63, 3.8) is 0 Å². The third kappa shape index (κ3) is 3.11. The minimum absolute atomic E-state index is 0. The standard InChI is InChI=1S/C23H23N3O3.ClH/c27-20-18-9-1-2-10-19(18)21(28)26(20)17-8-5-7-16(12-17)25-22(29)23-11-4-3-6-15(23)13-24-14-23;/h1-2,5,7-10,12,15,24H,3-4,6,11,13-14H2,(H,25,29);1H/t15-,23+;/m0./s1. The molecule has 0 bridgehead atoms. The summed E-state index contributed by atoms with van der Waals surface area (Å²) in [5, 5.41) is 6.45. The van der Waals surface area contributed by atoms with Gasteiger partial charge in [-0.25, -0.2) is 4.90 Å². The molecule has 156 valence electrons. The Hall–Kier alpha value is -2.70. The van der Waals surface area contributed by atoms with Gasteiger partial charge in [-0.15, -0.1) is 12.4 Å². The van der Waals surface area contributed by atoms with Gasteiger partial charge >= 0.3 is 0 Å². The summed E-state index contributed by atoms with van der Waals surface area (Å²) in [5.41, 5.74) is 1.54. The molecule has 2 aromatic carbocycles. The van der Waals surface area contributed by atoms with Crippen LogP contribution in [0.4, 0.5) is 11.4 Å². The van der Waals surface area contributed by atoms with Crippen LogP contribution in [0.2, 0.25) is 0 Å². The maximum atomic E-state index is 13.2. The van der Waals surface area contributed by atoms with Gasteiger partial charge in [0.15, 0.2) is 0 Å². The lowest BCUT2D eigenvalue weighted by Gasteiger charge is -2.37. The van der Waals surface area contributed by atoms with E-state index >= 15 is 0 Å². The minimum Gasteiger partial charge on any atom is -0.325 e. The quantitative estimate of drug-likeness (QED) is 0.736. The van der Waals surface area contributed by atoms with Gasteiger partial charge in [0.25, 0.3) is 11.8 Å². The second kappa shape index (κ2) is 7.85. The average Bonchev–Trinajstić information content (AvgIpc) is 3.29. The molecule has 3 aliphatic rings. The number of hydrogen-bond donors (Lipinski definition) is 2. The molecule has 2 heterocycles. The average molecular weight is 426 g/mol. The van der Waals surface area contributed by atoms with Gasteiger partial charge in [0, 0.05) is 12.2 Å². The molecule has 7 heteroatoms. The lowest BCUT2D eigenvalue weighted by atomic mass is 9.67. The first-order chi connectivity index (χ1) is 14.1. The van der Waals surface area contributed by atoms with Gasteiger partial charge in [0.2, 0.25) is 5.91 Å². The van der Waals surface area contributed by atoms with Crippen molar-refractivity contribution in [1.82, 2.24) is 5.32 Å². The van der Waals surface area contributed by atoms with Crippen molar-refractivity contribution in [2.24, 2.45) is 11.3 Å². The molecule has 1 saturated carbocycles. The Labute approximate surface area is 181 Å². The maximum Gasteiger partial charge on any atom is 0.266 e. The third-order valence-corrected chi connectivity index (χ3v) is 6.65. The van der Waals surface area contributed by atoms with Crippen molar-refractivity contribution < 1.29 is 14.4 Å². The van der Waals surface area contributed by atoms with Crippen LogP contribution in [0.3, 0.4) is 0 Å². The van der Waals surface area contributed by atoms with Crippen LogP contribution >= 0.6 is 12.4 Å². The van der Waals surface area contributed by atoms with E-state index in [0.717, 1.165) is 25.8 Å². The van der Waals surface area contributed by atoms with Crippen LogP contribution in [0.5, 0.6) is 0 Å². The molecular weight excluding hydrogens is 402 g/mol. The molecule has 6 nitrogen and oxygen atoms in total. The molecule has 3 amide bonds. The zero-order chi connectivity index (χ0) is 20.0. The molecule has 2 N–H and O–H groups in total. The topological polar surface area (TPSA) is 78.5 Å². The highest BCUT2D eigenvalue weighted by atomic mass is 35.5. The first kappa shape index (κ1) is 20.6. The summed E-state index contributed by atoms with van der Waals surface area (Å²) in [7, 11) is 0. The van der Waals surface area contributed by atoms with Crippen molar-refractivity contribution in [3.8, 4) is 0 Å². The van der Waals surface area contributed by atoms with Crippen LogP contribution in [0, 0.1) is 11.3 Å². The van der Waals surface area contributed by atoms with E-state index in [1.165, 1.54) is 11.3 Å². The number of nitrogens with zero attached hydrogens (tertiary/aromatic N) is 1. The number of imide groups is 1. The van der Waals surface area contributed by atoms with E-state index in [9.17, 15) is 14.4 Å². The molecule has 0 radical (unpaired) electrons. The number of fused-ring (bicyclic) bond motifs is 2. The van der Waals surface area contributed by atoms with Crippen molar-refractivity contribution in [2.75, 3.05) is 23.3 Å². The highest BCUT2D eigenvalue weighted by Crippen LogP contribution is 2.44. The normalized spacial score (nSPS) is 24.8. The monoisotopic (exact) mass is 425 g/mol. The van der Waals surface area contributed by atoms with Crippen LogP contribution in [-0.2, 0) is 4.79 Å². The zero-order valence-corrected chi connectivity index (χ0v) is 17.3. The van der Waals surface area contributed by atoms with E-state index < -0.39 is 0 Å². The van der Waals surface area contributed by atoms with Crippen molar-refractivity contribution in [1.29, 1.82) is 0 Å². The highest BCUT2D eigenvalue weighted by Gasteiger charge is 2.49. The number of carbonyl (C=O) groups is 3. The van der Waals surface area contributed by atoms with E-state index in [1.54, 1.807) is 48.5 Å². The lowest BCUT2D eigenvalue weighted by molar-refractivity contribution is -0.128. The van der Waals surface area contributed by atoms with E-state index in [2.05, 4.69) is 10.6 Å². The summed E-state index contributed by atoms with van der Waals surface area (Å²) in [4.78, 5) is 39.9. The van der Waals surface area contributed by atoms with E-state index in [-0.39, 0.29) is 35.5 Å². The van der Waals surface area contributed by atoms with Crippen molar-refractivity contribution in [2.45, 2.75) is 25.7 Å². The van der Waals surface area contributed by atoms with E-state index in [4.69, 9.17) is 0 Å². The van der Waals surface area contributed by atoms with Crippen LogP contribution in [-0.4, -0.2) is 30.8 Å². The molecular formula is C23H24ClN3O3. The van der Waals surface area contributed by atoms with Gasteiger partial charge in [-0.3, -0.25) is 14.4 Å². The Bertz CT molecular complexity index is 989. The van der Waals surface area contributed by atoms with Gasteiger partial charge in [-0.1, -0.05) is 31.0 Å². The summed E-state index contributed by atoms with van der Waals surface area (Å²) in [6.45, 7) is 1.60. The van der Waals surface area contributed by atoms with Gasteiger partial charge in [-0.2, -0.15) is 0 Å². The Morgan fingerprint density at radius 3 is 2.50 bits per heavy atom. The Morgan fingerprint density at radius 1 is 1.03 bits per heavy atom. The van der Waals surface area contributed by atoms with Crippen LogP contribution in [0.25, 0.3) is 0 Å². The molecule has 2 aromatic rings. The number of carbonyl (C=O) groups excluding carboxylic acids is 3. The smallest absolute Gasteiger partial charge is 0.266 e. The number of benzene rings is 2. The molecule has 0 unspecified atom stereocenters. The third-order valence-electron chi connectivity index (χ3n) is 6.65. The molecule has 2 fully saturated rings. The summed E-state index contributed by atoms with van der Waals surface area (Å²) in [6, 6.07) is 13.8. The van der Waals surface area contributed by atoms with Gasteiger partial charge in [0.05, 0.1) is 22.2 Å². The first-order valence-corrected chi connectivity index (χ1v) is 10.2. The molecule has 5 rings (SSSR count). The number of halogens is 1. The second-order valence-corrected chi connectivity index (χ2v) is 8.23. The fourth-order valence-corrected chi connectivity index (χ4v) is 5.09. The first-order valence-electron chi connectivity index (χ1n) is 10.2. The molecule has 0 aromatic heterocycles. The SMILES string of the molecule is Cl.O=C1c2ccccc2C(=O)N1c1cccc(NC(=O)[C@@]23CCCC[C@H]2CNC3)c1. The van der Waals surface area contributed by atoms with Crippen LogP contribution < -0.4 is 15.5 Å². The molecule has 0 spiro atoms. The molecule has 1 saturated heterocycles. The highest BCUT2D eigenvalue weighted by molar-refractivity contribution is 6.34. The van der Waals surface area contributed by atoms with E-state index in [0.29, 0.717) is 35.0 Å². The summed E-state index contributed by atoms with van der Waals surface area (Å²) >= 11 is 0.